The summed E-state index contributed by atoms with van der Waals surface area (Å²) in [5.41, 5.74) is 4.14. The van der Waals surface area contributed by atoms with Crippen LogP contribution in [0.1, 0.15) is 27.0 Å². The number of hydrogen-bond donors (Lipinski definition) is 1. The van der Waals surface area contributed by atoms with E-state index in [0.29, 0.717) is 10.1 Å². The van der Waals surface area contributed by atoms with E-state index in [9.17, 15) is 9.59 Å². The van der Waals surface area contributed by atoms with E-state index in [4.69, 9.17) is 5.11 Å². The first-order chi connectivity index (χ1) is 12.3. The Morgan fingerprint density at radius 1 is 1.12 bits per heavy atom. The van der Waals surface area contributed by atoms with Crippen molar-refractivity contribution in [2.24, 2.45) is 4.99 Å². The molecule has 0 spiro atoms. The van der Waals surface area contributed by atoms with Gasteiger partial charge in [0.15, 0.2) is 5.17 Å². The molecule has 0 saturated carbocycles. The molecule has 1 saturated heterocycles. The second-order valence-electron chi connectivity index (χ2n) is 6.06. The summed E-state index contributed by atoms with van der Waals surface area (Å²) in [5, 5.41) is 9.57. The number of carbonyl (C=O) groups excluding carboxylic acids is 1. The molecule has 1 aliphatic rings. The van der Waals surface area contributed by atoms with Gasteiger partial charge in [0.1, 0.15) is 0 Å². The number of aliphatic imine (C=N–C) groups is 1. The van der Waals surface area contributed by atoms with Crippen LogP contribution in [0.25, 0.3) is 6.08 Å². The quantitative estimate of drug-likeness (QED) is 0.825. The fourth-order valence-electron chi connectivity index (χ4n) is 2.43. The zero-order chi connectivity index (χ0) is 18.8. The SMILES string of the molecule is Cc1ccc(N=C2S/C(=C/c3ccc(C(=O)O)cc3)C(=O)N2C)cc1C. The van der Waals surface area contributed by atoms with Crippen LogP contribution in [0.3, 0.4) is 0 Å². The van der Waals surface area contributed by atoms with Gasteiger partial charge in [-0.15, -0.1) is 0 Å². The summed E-state index contributed by atoms with van der Waals surface area (Å²) in [7, 11) is 1.70. The Kier molecular flexibility index (Phi) is 4.95. The van der Waals surface area contributed by atoms with Crippen molar-refractivity contribution in [2.45, 2.75) is 13.8 Å². The average Bonchev–Trinajstić information content (AvgIpc) is 2.87. The second-order valence-corrected chi connectivity index (χ2v) is 7.07. The summed E-state index contributed by atoms with van der Waals surface area (Å²) < 4.78 is 0. The van der Waals surface area contributed by atoms with Crippen molar-refractivity contribution < 1.29 is 14.7 Å². The number of carbonyl (C=O) groups is 2. The lowest BCUT2D eigenvalue weighted by molar-refractivity contribution is -0.121. The fourth-order valence-corrected chi connectivity index (χ4v) is 3.42. The normalized spacial score (nSPS) is 17.3. The maximum absolute atomic E-state index is 12.5. The average molecular weight is 366 g/mol. The third-order valence-electron chi connectivity index (χ3n) is 4.17. The van der Waals surface area contributed by atoms with Gasteiger partial charge >= 0.3 is 5.97 Å². The lowest BCUT2D eigenvalue weighted by atomic mass is 10.1. The van der Waals surface area contributed by atoms with Crippen LogP contribution in [0.5, 0.6) is 0 Å². The molecule has 0 unspecified atom stereocenters. The Morgan fingerprint density at radius 3 is 2.42 bits per heavy atom. The molecule has 1 amide bonds. The molecule has 0 radical (unpaired) electrons. The van der Waals surface area contributed by atoms with Gasteiger partial charge in [0, 0.05) is 7.05 Å². The van der Waals surface area contributed by atoms with Crippen molar-refractivity contribution in [3.05, 3.63) is 69.6 Å². The highest BCUT2D eigenvalue weighted by Crippen LogP contribution is 2.33. The molecule has 0 aliphatic carbocycles. The topological polar surface area (TPSA) is 70.0 Å². The van der Waals surface area contributed by atoms with Crippen molar-refractivity contribution in [2.75, 3.05) is 7.05 Å². The summed E-state index contributed by atoms with van der Waals surface area (Å²) in [6.07, 6.45) is 1.75. The Hall–Kier alpha value is -2.86. The van der Waals surface area contributed by atoms with E-state index in [1.807, 2.05) is 32.0 Å². The number of aryl methyl sites for hydroxylation is 2. The maximum atomic E-state index is 12.5. The number of aromatic carboxylic acids is 1. The molecule has 0 bridgehead atoms. The van der Waals surface area contributed by atoms with E-state index in [-0.39, 0.29) is 11.5 Å². The van der Waals surface area contributed by atoms with Crippen molar-refractivity contribution in [1.82, 2.24) is 4.90 Å². The van der Waals surface area contributed by atoms with Crippen LogP contribution in [0.4, 0.5) is 5.69 Å². The lowest BCUT2D eigenvalue weighted by Crippen LogP contribution is -2.23. The van der Waals surface area contributed by atoms with E-state index < -0.39 is 5.97 Å². The standard InChI is InChI=1S/C20H18N2O3S/c1-12-4-9-16(10-13(12)2)21-20-22(3)18(23)17(26-20)11-14-5-7-15(8-6-14)19(24)25/h4-11H,1-3H3,(H,24,25)/b17-11+,21-20?. The summed E-state index contributed by atoms with van der Waals surface area (Å²) in [6.45, 7) is 4.07. The van der Waals surface area contributed by atoms with Crippen LogP contribution >= 0.6 is 11.8 Å². The van der Waals surface area contributed by atoms with Crippen LogP contribution in [0.2, 0.25) is 0 Å². The van der Waals surface area contributed by atoms with Gasteiger partial charge in [0.2, 0.25) is 0 Å². The van der Waals surface area contributed by atoms with E-state index in [1.165, 1.54) is 34.4 Å². The summed E-state index contributed by atoms with van der Waals surface area (Å²) in [5.74, 6) is -1.10. The number of hydrogen-bond acceptors (Lipinski definition) is 4. The molecular formula is C20H18N2O3S. The number of nitrogens with zero attached hydrogens (tertiary/aromatic N) is 2. The van der Waals surface area contributed by atoms with Crippen molar-refractivity contribution in [3.63, 3.8) is 0 Å². The van der Waals surface area contributed by atoms with Gasteiger partial charge in [-0.05, 0) is 72.6 Å². The molecule has 2 aromatic carbocycles. The van der Waals surface area contributed by atoms with Crippen molar-refractivity contribution in [3.8, 4) is 0 Å². The molecule has 1 fully saturated rings. The van der Waals surface area contributed by atoms with Gasteiger partial charge in [0.05, 0.1) is 16.2 Å². The predicted octanol–water partition coefficient (Wildman–Crippen LogP) is 4.24. The zero-order valence-electron chi connectivity index (χ0n) is 14.7. The van der Waals surface area contributed by atoms with Crippen molar-refractivity contribution in [1.29, 1.82) is 0 Å². The second kappa shape index (κ2) is 7.17. The number of thioether (sulfide) groups is 1. The number of benzene rings is 2. The third-order valence-corrected chi connectivity index (χ3v) is 5.23. The molecule has 1 aliphatic heterocycles. The lowest BCUT2D eigenvalue weighted by Gasteiger charge is -2.08. The molecule has 1 heterocycles. The minimum absolute atomic E-state index is 0.125. The van der Waals surface area contributed by atoms with E-state index in [1.54, 1.807) is 25.3 Å². The first-order valence-corrected chi connectivity index (χ1v) is 8.83. The van der Waals surface area contributed by atoms with Gasteiger partial charge in [-0.1, -0.05) is 18.2 Å². The van der Waals surface area contributed by atoms with Crippen LogP contribution in [-0.4, -0.2) is 34.1 Å². The number of carboxylic acids is 1. The number of carboxylic acid groups (broad SMARTS) is 1. The van der Waals surface area contributed by atoms with Crippen LogP contribution in [0.15, 0.2) is 52.4 Å². The summed E-state index contributed by atoms with van der Waals surface area (Å²) >= 11 is 1.31. The molecule has 6 heteroatoms. The van der Waals surface area contributed by atoms with Gasteiger partial charge in [0.25, 0.3) is 5.91 Å². The van der Waals surface area contributed by atoms with Gasteiger partial charge in [-0.2, -0.15) is 0 Å². The largest absolute Gasteiger partial charge is 0.478 e. The van der Waals surface area contributed by atoms with Gasteiger partial charge in [-0.3, -0.25) is 9.69 Å². The molecule has 0 aromatic heterocycles. The maximum Gasteiger partial charge on any atom is 0.335 e. The Balaban J connectivity index is 1.87. The number of amides is 1. The Labute approximate surface area is 156 Å². The zero-order valence-corrected chi connectivity index (χ0v) is 15.5. The molecule has 2 aromatic rings. The van der Waals surface area contributed by atoms with E-state index >= 15 is 0 Å². The summed E-state index contributed by atoms with van der Waals surface area (Å²) in [6, 6.07) is 12.3. The van der Waals surface area contributed by atoms with E-state index in [0.717, 1.165) is 16.8 Å². The van der Waals surface area contributed by atoms with Crippen LogP contribution in [0, 0.1) is 13.8 Å². The third kappa shape index (κ3) is 3.70. The monoisotopic (exact) mass is 366 g/mol. The fraction of sp³-hybridized carbons (Fsp3) is 0.150. The Morgan fingerprint density at radius 2 is 1.81 bits per heavy atom. The molecule has 5 nitrogen and oxygen atoms in total. The first-order valence-electron chi connectivity index (χ1n) is 8.02. The summed E-state index contributed by atoms with van der Waals surface area (Å²) in [4.78, 5) is 30.1. The minimum atomic E-state index is -0.974. The highest BCUT2D eigenvalue weighted by molar-refractivity contribution is 8.18. The number of rotatable bonds is 3. The van der Waals surface area contributed by atoms with Crippen LogP contribution < -0.4 is 0 Å². The smallest absolute Gasteiger partial charge is 0.335 e. The minimum Gasteiger partial charge on any atom is -0.478 e. The molecule has 132 valence electrons. The number of amidine groups is 1. The number of likely N-dealkylation sites (N-methyl/N-ethyl adjacent to an activating group) is 1. The molecule has 1 N–H and O–H groups in total. The Bertz CT molecular complexity index is 946. The van der Waals surface area contributed by atoms with Gasteiger partial charge in [-0.25, -0.2) is 9.79 Å². The van der Waals surface area contributed by atoms with Crippen LogP contribution in [-0.2, 0) is 4.79 Å². The molecule has 26 heavy (non-hydrogen) atoms. The first kappa shape index (κ1) is 17.9. The van der Waals surface area contributed by atoms with E-state index in [2.05, 4.69) is 4.99 Å². The highest BCUT2D eigenvalue weighted by atomic mass is 32.2. The predicted molar refractivity (Wildman–Crippen MR) is 105 cm³/mol. The molecule has 0 atom stereocenters. The molecule has 3 rings (SSSR count). The molecular weight excluding hydrogens is 348 g/mol. The highest BCUT2D eigenvalue weighted by Gasteiger charge is 2.30. The van der Waals surface area contributed by atoms with Gasteiger partial charge < -0.3 is 5.11 Å². The van der Waals surface area contributed by atoms with Crippen molar-refractivity contribution >= 4 is 40.6 Å².